The number of benzene rings is 3. The summed E-state index contributed by atoms with van der Waals surface area (Å²) in [5.41, 5.74) is 5.26. The van der Waals surface area contributed by atoms with Crippen LogP contribution in [0.2, 0.25) is 0 Å². The van der Waals surface area contributed by atoms with Gasteiger partial charge in [0.05, 0.1) is 30.3 Å². The molecule has 0 N–H and O–H groups in total. The number of carbonyl (C=O) groups is 2. The molecule has 6 heteroatoms. The van der Waals surface area contributed by atoms with Gasteiger partial charge in [-0.15, -0.1) is 0 Å². The van der Waals surface area contributed by atoms with Crippen LogP contribution in [0.25, 0.3) is 0 Å². The summed E-state index contributed by atoms with van der Waals surface area (Å²) in [4.78, 5) is 27.5. The highest BCUT2D eigenvalue weighted by molar-refractivity contribution is 6.08. The van der Waals surface area contributed by atoms with Gasteiger partial charge in [-0.3, -0.25) is 9.59 Å². The van der Waals surface area contributed by atoms with Crippen LogP contribution in [-0.2, 0) is 9.59 Å². The standard InChI is InChI=1S/C31H30N2O4/c1-17(2)36-20-14-13-19(25(15-20)37-18(3)4)16-32-33-30(34)28-26-21-9-5-6-10-22(21)27(29(28)31(33)35)24-12-8-7-11-23(24)26/h5-18,26-29H,1-4H3/b32-16-/t26?,27?,28-,29+. The Labute approximate surface area is 216 Å². The Hall–Kier alpha value is -3.93. The van der Waals surface area contributed by atoms with E-state index in [1.54, 1.807) is 6.21 Å². The Bertz CT molecular complexity index is 1310. The first-order valence-electron chi connectivity index (χ1n) is 12.9. The molecular formula is C31H30N2O4. The number of ether oxygens (including phenoxy) is 2. The molecule has 0 radical (unpaired) electrons. The van der Waals surface area contributed by atoms with Crippen molar-refractivity contribution < 1.29 is 19.1 Å². The van der Waals surface area contributed by atoms with E-state index in [-0.39, 0.29) is 35.9 Å². The summed E-state index contributed by atoms with van der Waals surface area (Å²) < 4.78 is 11.8. The van der Waals surface area contributed by atoms with E-state index < -0.39 is 11.8 Å². The van der Waals surface area contributed by atoms with Gasteiger partial charge < -0.3 is 9.47 Å². The van der Waals surface area contributed by atoms with Crippen molar-refractivity contribution in [3.63, 3.8) is 0 Å². The molecular weight excluding hydrogens is 464 g/mol. The van der Waals surface area contributed by atoms with Crippen LogP contribution in [0.15, 0.2) is 71.8 Å². The molecule has 1 aliphatic heterocycles. The minimum Gasteiger partial charge on any atom is -0.491 e. The molecule has 3 aromatic rings. The number of hydrogen-bond donors (Lipinski definition) is 0. The van der Waals surface area contributed by atoms with Gasteiger partial charge in [0, 0.05) is 23.5 Å². The Kier molecular flexibility index (Phi) is 5.63. The summed E-state index contributed by atoms with van der Waals surface area (Å²) in [6.07, 6.45) is 1.51. The van der Waals surface area contributed by atoms with Crippen LogP contribution in [0.5, 0.6) is 11.5 Å². The van der Waals surface area contributed by atoms with Gasteiger partial charge in [0.2, 0.25) is 0 Å². The van der Waals surface area contributed by atoms with Crippen LogP contribution in [0.4, 0.5) is 0 Å². The molecule has 6 nitrogen and oxygen atoms in total. The van der Waals surface area contributed by atoms with Gasteiger partial charge in [-0.25, -0.2) is 0 Å². The first kappa shape index (κ1) is 23.5. The van der Waals surface area contributed by atoms with Crippen LogP contribution in [0.1, 0.15) is 67.3 Å². The zero-order chi connectivity index (χ0) is 25.8. The van der Waals surface area contributed by atoms with E-state index in [1.807, 2.05) is 70.2 Å². The molecule has 7 rings (SSSR count). The zero-order valence-corrected chi connectivity index (χ0v) is 21.4. The highest BCUT2D eigenvalue weighted by Crippen LogP contribution is 2.60. The lowest BCUT2D eigenvalue weighted by Gasteiger charge is -2.45. The number of hydrazone groups is 1. The van der Waals surface area contributed by atoms with Crippen molar-refractivity contribution in [1.29, 1.82) is 0 Å². The highest BCUT2D eigenvalue weighted by Gasteiger charge is 2.61. The maximum atomic E-state index is 13.8. The molecule has 37 heavy (non-hydrogen) atoms. The van der Waals surface area contributed by atoms with Gasteiger partial charge in [-0.05, 0) is 62.1 Å². The second-order valence-electron chi connectivity index (χ2n) is 10.5. The fraction of sp³-hybridized carbons (Fsp3) is 0.323. The second-order valence-corrected chi connectivity index (χ2v) is 10.5. The lowest BCUT2D eigenvalue weighted by Crippen LogP contribution is -2.41. The lowest BCUT2D eigenvalue weighted by molar-refractivity contribution is -0.139. The van der Waals surface area contributed by atoms with Gasteiger partial charge in [0.15, 0.2) is 0 Å². The van der Waals surface area contributed by atoms with Crippen LogP contribution in [-0.4, -0.2) is 35.2 Å². The predicted molar refractivity (Wildman–Crippen MR) is 141 cm³/mol. The van der Waals surface area contributed by atoms with Crippen molar-refractivity contribution in [3.8, 4) is 11.5 Å². The zero-order valence-electron chi connectivity index (χ0n) is 21.4. The predicted octanol–water partition coefficient (Wildman–Crippen LogP) is 5.49. The largest absolute Gasteiger partial charge is 0.491 e. The van der Waals surface area contributed by atoms with Crippen molar-refractivity contribution in [2.75, 3.05) is 0 Å². The van der Waals surface area contributed by atoms with Crippen molar-refractivity contribution in [2.45, 2.75) is 51.7 Å². The molecule has 4 aliphatic rings. The summed E-state index contributed by atoms with van der Waals surface area (Å²) in [5, 5.41) is 5.54. The molecule has 0 saturated carbocycles. The maximum absolute atomic E-state index is 13.8. The Balaban J connectivity index is 1.36. The third-order valence-corrected chi connectivity index (χ3v) is 7.46. The topological polar surface area (TPSA) is 68.2 Å². The molecule has 1 heterocycles. The van der Waals surface area contributed by atoms with Gasteiger partial charge >= 0.3 is 0 Å². The molecule has 2 atom stereocenters. The third-order valence-electron chi connectivity index (χ3n) is 7.46. The SMILES string of the molecule is CC(C)Oc1ccc(/C=N\N2C(=O)[C@@H]3C4c5ccccc5C(c5ccccc54)[C@@H]3C2=O)c(OC(C)C)c1. The number of rotatable bonds is 6. The molecule has 0 spiro atoms. The molecule has 0 unspecified atom stereocenters. The molecule has 2 amide bonds. The monoisotopic (exact) mass is 494 g/mol. The summed E-state index contributed by atoms with van der Waals surface area (Å²) in [6.45, 7) is 7.82. The Morgan fingerprint density at radius 3 is 1.68 bits per heavy atom. The summed E-state index contributed by atoms with van der Waals surface area (Å²) in [6, 6.07) is 21.9. The van der Waals surface area contributed by atoms with Crippen LogP contribution in [0, 0.1) is 11.8 Å². The number of imide groups is 1. The fourth-order valence-electron chi connectivity index (χ4n) is 6.22. The first-order chi connectivity index (χ1) is 17.8. The summed E-state index contributed by atoms with van der Waals surface area (Å²) in [5.74, 6) is -0.395. The molecule has 188 valence electrons. The Morgan fingerprint density at radius 1 is 0.730 bits per heavy atom. The first-order valence-corrected chi connectivity index (χ1v) is 12.9. The average Bonchev–Trinajstić information content (AvgIpc) is 3.13. The molecule has 1 fully saturated rings. The van der Waals surface area contributed by atoms with Gasteiger partial charge in [-0.1, -0.05) is 48.5 Å². The van der Waals surface area contributed by atoms with E-state index >= 15 is 0 Å². The maximum Gasteiger partial charge on any atom is 0.254 e. The molecule has 1 saturated heterocycles. The van der Waals surface area contributed by atoms with Crippen LogP contribution >= 0.6 is 0 Å². The van der Waals surface area contributed by atoms with Gasteiger partial charge in [-0.2, -0.15) is 10.1 Å². The minimum absolute atomic E-state index is 0.0261. The van der Waals surface area contributed by atoms with E-state index in [9.17, 15) is 9.59 Å². The average molecular weight is 495 g/mol. The molecule has 0 aromatic heterocycles. The van der Waals surface area contributed by atoms with Crippen molar-refractivity contribution in [1.82, 2.24) is 5.01 Å². The number of hydrogen-bond acceptors (Lipinski definition) is 5. The Morgan fingerprint density at radius 2 is 1.22 bits per heavy atom. The van der Waals surface area contributed by atoms with Crippen molar-refractivity contribution >= 4 is 18.0 Å². The van der Waals surface area contributed by atoms with Crippen LogP contribution in [0.3, 0.4) is 0 Å². The van der Waals surface area contributed by atoms with Crippen molar-refractivity contribution in [3.05, 3.63) is 94.5 Å². The van der Waals surface area contributed by atoms with Gasteiger partial charge in [0.1, 0.15) is 11.5 Å². The van der Waals surface area contributed by atoms with E-state index in [1.165, 1.54) is 0 Å². The third kappa shape index (κ3) is 3.74. The molecule has 3 aromatic carbocycles. The second kappa shape index (κ2) is 8.87. The van der Waals surface area contributed by atoms with E-state index in [2.05, 4.69) is 29.4 Å². The fourth-order valence-corrected chi connectivity index (χ4v) is 6.22. The highest BCUT2D eigenvalue weighted by atomic mass is 16.5. The van der Waals surface area contributed by atoms with Crippen LogP contribution < -0.4 is 9.47 Å². The lowest BCUT2D eigenvalue weighted by atomic mass is 9.55. The van der Waals surface area contributed by atoms with Crippen molar-refractivity contribution in [2.24, 2.45) is 16.9 Å². The number of amides is 2. The summed E-state index contributed by atoms with van der Waals surface area (Å²) in [7, 11) is 0. The molecule has 2 bridgehead atoms. The van der Waals surface area contributed by atoms with E-state index in [0.29, 0.717) is 17.1 Å². The number of carbonyl (C=O) groups excluding carboxylic acids is 2. The molecule has 3 aliphatic carbocycles. The quantitative estimate of drug-likeness (QED) is 0.336. The number of nitrogens with zero attached hydrogens (tertiary/aromatic N) is 2. The van der Waals surface area contributed by atoms with Gasteiger partial charge in [0.25, 0.3) is 11.8 Å². The smallest absolute Gasteiger partial charge is 0.254 e. The summed E-state index contributed by atoms with van der Waals surface area (Å²) >= 11 is 0. The van der Waals surface area contributed by atoms with E-state index in [4.69, 9.17) is 9.47 Å². The minimum atomic E-state index is -0.451. The normalized spacial score (nSPS) is 23.6. The van der Waals surface area contributed by atoms with E-state index in [0.717, 1.165) is 27.3 Å².